The molecule has 1 aromatic heterocycles. The second-order valence-corrected chi connectivity index (χ2v) is 4.42. The van der Waals surface area contributed by atoms with Crippen LogP contribution in [0.25, 0.3) is 11.3 Å². The summed E-state index contributed by atoms with van der Waals surface area (Å²) in [7, 11) is 1.60. The number of aromatic nitrogens is 2. The molecule has 1 aromatic carbocycles. The van der Waals surface area contributed by atoms with Crippen molar-refractivity contribution in [1.82, 2.24) is 9.97 Å². The molecule has 3 rings (SSSR count). The van der Waals surface area contributed by atoms with Crippen molar-refractivity contribution < 1.29 is 9.47 Å². The molecule has 0 radical (unpaired) electrons. The topological polar surface area (TPSA) is 47.1 Å². The summed E-state index contributed by atoms with van der Waals surface area (Å²) in [5, 5.41) is 0. The van der Waals surface area contributed by atoms with Crippen LogP contribution in [0.15, 0.2) is 24.5 Å². The summed E-state index contributed by atoms with van der Waals surface area (Å²) in [4.78, 5) is 7.11. The number of H-pyrrole nitrogens is 1. The first-order valence-corrected chi connectivity index (χ1v) is 6.08. The predicted octanol–water partition coefficient (Wildman–Crippen LogP) is 2.75. The van der Waals surface area contributed by atoms with Gasteiger partial charge in [0.1, 0.15) is 5.75 Å². The molecular weight excluding hydrogens is 248 g/mol. The molecule has 0 amide bonds. The minimum atomic E-state index is 0.461. The van der Waals surface area contributed by atoms with Crippen molar-refractivity contribution in [2.45, 2.75) is 6.42 Å². The van der Waals surface area contributed by atoms with Crippen LogP contribution in [0.1, 0.15) is 5.56 Å². The van der Waals surface area contributed by atoms with Crippen LogP contribution in [0.2, 0.25) is 0 Å². The Labute approximate surface area is 110 Å². The number of hydrogen-bond acceptors (Lipinski definition) is 4. The maximum Gasteiger partial charge on any atom is 0.179 e. The van der Waals surface area contributed by atoms with Crippen LogP contribution in [-0.4, -0.2) is 23.7 Å². The third-order valence-electron chi connectivity index (χ3n) is 2.99. The highest BCUT2D eigenvalue weighted by Crippen LogP contribution is 2.33. The first-order chi connectivity index (χ1) is 8.79. The molecule has 0 atom stereocenters. The second kappa shape index (κ2) is 4.42. The van der Waals surface area contributed by atoms with Crippen LogP contribution >= 0.6 is 12.2 Å². The van der Waals surface area contributed by atoms with Gasteiger partial charge in [-0.3, -0.25) is 0 Å². The Balaban J connectivity index is 2.16. The monoisotopic (exact) mass is 260 g/mol. The molecule has 5 heteroatoms. The number of nitrogens with one attached hydrogen (secondary N) is 1. The van der Waals surface area contributed by atoms with Crippen LogP contribution < -0.4 is 9.47 Å². The molecule has 0 saturated heterocycles. The zero-order valence-electron chi connectivity index (χ0n) is 9.90. The Morgan fingerprint density at radius 2 is 2.33 bits per heavy atom. The van der Waals surface area contributed by atoms with E-state index in [1.165, 1.54) is 5.56 Å². The maximum atomic E-state index is 5.50. The fraction of sp³-hybridized carbons (Fsp3) is 0.231. The van der Waals surface area contributed by atoms with Gasteiger partial charge in [-0.05, 0) is 23.8 Å². The van der Waals surface area contributed by atoms with Gasteiger partial charge in [0.25, 0.3) is 0 Å². The molecule has 18 heavy (non-hydrogen) atoms. The molecule has 2 aromatic rings. The summed E-state index contributed by atoms with van der Waals surface area (Å²) < 4.78 is 11.3. The van der Waals surface area contributed by atoms with Gasteiger partial charge in [0.2, 0.25) is 0 Å². The van der Waals surface area contributed by atoms with E-state index < -0.39 is 0 Å². The largest absolute Gasteiger partial charge is 0.493 e. The molecule has 92 valence electrons. The molecule has 4 nitrogen and oxygen atoms in total. The molecule has 1 aliphatic rings. The van der Waals surface area contributed by atoms with E-state index in [4.69, 9.17) is 21.7 Å². The van der Waals surface area contributed by atoms with Crippen molar-refractivity contribution >= 4 is 12.2 Å². The van der Waals surface area contributed by atoms with Crippen LogP contribution in [-0.2, 0) is 6.42 Å². The smallest absolute Gasteiger partial charge is 0.179 e. The number of methoxy groups -OCH3 is 1. The summed E-state index contributed by atoms with van der Waals surface area (Å²) >= 11 is 5.16. The SMILES string of the molecule is COc1c(-c2ccc3c(c2)CCO3)[nH]cnc1=S. The zero-order chi connectivity index (χ0) is 12.5. The molecule has 0 bridgehead atoms. The number of hydrogen-bond donors (Lipinski definition) is 1. The van der Waals surface area contributed by atoms with Crippen molar-refractivity contribution in [3.05, 3.63) is 34.7 Å². The third-order valence-corrected chi connectivity index (χ3v) is 3.29. The van der Waals surface area contributed by atoms with Gasteiger partial charge in [-0.2, -0.15) is 0 Å². The lowest BCUT2D eigenvalue weighted by atomic mass is 10.1. The maximum absolute atomic E-state index is 5.50. The van der Waals surface area contributed by atoms with E-state index in [0.29, 0.717) is 10.4 Å². The van der Waals surface area contributed by atoms with Gasteiger partial charge in [0.05, 0.1) is 25.7 Å². The number of benzene rings is 1. The highest BCUT2D eigenvalue weighted by molar-refractivity contribution is 7.71. The minimum absolute atomic E-state index is 0.461. The molecule has 2 heterocycles. The summed E-state index contributed by atoms with van der Waals surface area (Å²) in [5.41, 5.74) is 3.10. The second-order valence-electron chi connectivity index (χ2n) is 4.04. The zero-order valence-corrected chi connectivity index (χ0v) is 10.7. The van der Waals surface area contributed by atoms with E-state index in [2.05, 4.69) is 16.0 Å². The first-order valence-electron chi connectivity index (χ1n) is 5.67. The van der Waals surface area contributed by atoms with Gasteiger partial charge in [-0.25, -0.2) is 4.98 Å². The van der Waals surface area contributed by atoms with E-state index in [1.807, 2.05) is 12.1 Å². The predicted molar refractivity (Wildman–Crippen MR) is 70.6 cm³/mol. The Kier molecular flexibility index (Phi) is 2.76. The van der Waals surface area contributed by atoms with E-state index in [1.54, 1.807) is 13.4 Å². The summed E-state index contributed by atoms with van der Waals surface area (Å²) in [5.74, 6) is 1.57. The van der Waals surface area contributed by atoms with Crippen molar-refractivity contribution in [2.75, 3.05) is 13.7 Å². The van der Waals surface area contributed by atoms with Gasteiger partial charge in [-0.1, -0.05) is 12.2 Å². The normalized spacial score (nSPS) is 12.9. The first kappa shape index (κ1) is 11.2. The number of ether oxygens (including phenoxy) is 2. The molecule has 0 saturated carbocycles. The van der Waals surface area contributed by atoms with E-state index >= 15 is 0 Å². The Hall–Kier alpha value is -1.88. The molecule has 1 aliphatic heterocycles. The van der Waals surface area contributed by atoms with Crippen molar-refractivity contribution in [3.8, 4) is 22.8 Å². The van der Waals surface area contributed by atoms with Gasteiger partial charge in [0.15, 0.2) is 10.4 Å². The molecule has 0 fully saturated rings. The van der Waals surface area contributed by atoms with Crippen LogP contribution in [0, 0.1) is 4.64 Å². The fourth-order valence-corrected chi connectivity index (χ4v) is 2.37. The highest BCUT2D eigenvalue weighted by Gasteiger charge is 2.15. The van der Waals surface area contributed by atoms with E-state index in [9.17, 15) is 0 Å². The number of aromatic amines is 1. The average molecular weight is 260 g/mol. The Morgan fingerprint density at radius 3 is 3.17 bits per heavy atom. The van der Waals surface area contributed by atoms with Crippen molar-refractivity contribution in [1.29, 1.82) is 0 Å². The van der Waals surface area contributed by atoms with Gasteiger partial charge < -0.3 is 14.5 Å². The van der Waals surface area contributed by atoms with Gasteiger partial charge >= 0.3 is 0 Å². The van der Waals surface area contributed by atoms with Crippen LogP contribution in [0.4, 0.5) is 0 Å². The van der Waals surface area contributed by atoms with Crippen LogP contribution in [0.3, 0.4) is 0 Å². The molecule has 0 unspecified atom stereocenters. The van der Waals surface area contributed by atoms with Crippen molar-refractivity contribution in [3.63, 3.8) is 0 Å². The highest BCUT2D eigenvalue weighted by atomic mass is 32.1. The van der Waals surface area contributed by atoms with Crippen LogP contribution in [0.5, 0.6) is 11.5 Å². The lowest BCUT2D eigenvalue weighted by Crippen LogP contribution is -1.94. The lowest BCUT2D eigenvalue weighted by molar-refractivity contribution is 0.357. The van der Waals surface area contributed by atoms with Gasteiger partial charge in [0, 0.05) is 12.0 Å². The third kappa shape index (κ3) is 1.76. The van der Waals surface area contributed by atoms with Gasteiger partial charge in [-0.15, -0.1) is 0 Å². The number of rotatable bonds is 2. The Bertz CT molecular complexity index is 652. The van der Waals surface area contributed by atoms with E-state index in [-0.39, 0.29) is 0 Å². The minimum Gasteiger partial charge on any atom is -0.493 e. The summed E-state index contributed by atoms with van der Waals surface area (Å²) in [6.45, 7) is 0.752. The fourth-order valence-electron chi connectivity index (χ4n) is 2.13. The molecule has 0 spiro atoms. The lowest BCUT2D eigenvalue weighted by Gasteiger charge is -2.09. The Morgan fingerprint density at radius 1 is 1.44 bits per heavy atom. The number of fused-ring (bicyclic) bond motifs is 1. The summed E-state index contributed by atoms with van der Waals surface area (Å²) in [6.07, 6.45) is 2.53. The molecular formula is C13H12N2O2S. The molecule has 0 aliphatic carbocycles. The average Bonchev–Trinajstić information content (AvgIpc) is 2.85. The quantitative estimate of drug-likeness (QED) is 0.843. The molecule has 1 N–H and O–H groups in total. The number of nitrogens with zero attached hydrogens (tertiary/aromatic N) is 1. The standard InChI is InChI=1S/C13H12N2O2S/c1-16-12-11(14-7-15-13(12)18)9-2-3-10-8(6-9)4-5-17-10/h2-3,6-7H,4-5H2,1H3,(H,14,15,18). The summed E-state index contributed by atoms with van der Waals surface area (Å²) in [6, 6.07) is 6.08. The van der Waals surface area contributed by atoms with E-state index in [0.717, 1.165) is 30.0 Å². The van der Waals surface area contributed by atoms with Crippen molar-refractivity contribution in [2.24, 2.45) is 0 Å².